The molecule has 4 rings (SSSR count). The molecule has 19 heteroatoms. The molecule has 6 N–H and O–H groups in total. The van der Waals surface area contributed by atoms with Crippen LogP contribution < -0.4 is 16.5 Å². The van der Waals surface area contributed by atoms with E-state index in [9.17, 15) is 39.3 Å². The first kappa shape index (κ1) is 34.2. The van der Waals surface area contributed by atoms with Gasteiger partial charge in [0.1, 0.15) is 22.8 Å². The number of aromatic nitrogens is 2. The molecule has 0 radical (unpaired) electrons. The number of aliphatic carboxylic acids is 2. The number of allylic oxidation sites excluding steroid dienone is 1. The van der Waals surface area contributed by atoms with E-state index < -0.39 is 63.9 Å². The lowest BCUT2D eigenvalue weighted by atomic mass is 10.0. The van der Waals surface area contributed by atoms with Gasteiger partial charge in [-0.1, -0.05) is 11.2 Å². The number of aromatic hydroxyl groups is 1. The van der Waals surface area contributed by atoms with Crippen LogP contribution in [0.25, 0.3) is 6.08 Å². The van der Waals surface area contributed by atoms with E-state index in [1.54, 1.807) is 0 Å². The number of methoxy groups -OCH3 is 2. The van der Waals surface area contributed by atoms with Gasteiger partial charge < -0.3 is 45.2 Å². The summed E-state index contributed by atoms with van der Waals surface area (Å²) in [6.45, 7) is 2.53. The van der Waals surface area contributed by atoms with E-state index >= 15 is 0 Å². The van der Waals surface area contributed by atoms with Crippen molar-refractivity contribution in [2.45, 2.75) is 43.7 Å². The minimum atomic E-state index is -1.80. The van der Waals surface area contributed by atoms with Crippen molar-refractivity contribution in [3.63, 3.8) is 0 Å². The SMILES string of the molecule is COC(Cn1cc(O)c(=O)cc1C=CC1=C(C(=O)O)N2C(=O)[C@@H](NC(=O)/C(=N\OC(C)(C)C(=O)O)c3csc(N)n3)[C@H]2SC1)OC. The molecule has 2 atom stereocenters. The molecule has 2 aromatic heterocycles. The number of nitrogen functional groups attached to an aromatic ring is 1. The van der Waals surface area contributed by atoms with Crippen molar-refractivity contribution in [3.05, 3.63) is 56.6 Å². The van der Waals surface area contributed by atoms with E-state index in [1.165, 1.54) is 68.1 Å². The molecule has 1 fully saturated rings. The molecule has 17 nitrogen and oxygen atoms in total. The fraction of sp³-hybridized carbons (Fsp3) is 0.370. The van der Waals surface area contributed by atoms with Crippen LogP contribution in [-0.2, 0) is 40.0 Å². The number of ether oxygens (including phenoxy) is 2. The number of carboxylic acid groups (broad SMARTS) is 2. The number of thiazole rings is 1. The second-order valence-electron chi connectivity index (χ2n) is 10.3. The summed E-state index contributed by atoms with van der Waals surface area (Å²) in [4.78, 5) is 72.6. The average Bonchev–Trinajstić information content (AvgIpc) is 3.44. The second-order valence-corrected chi connectivity index (χ2v) is 12.3. The Kier molecular flexibility index (Phi) is 10.2. The zero-order valence-electron chi connectivity index (χ0n) is 24.8. The fourth-order valence-electron chi connectivity index (χ4n) is 4.25. The van der Waals surface area contributed by atoms with Gasteiger partial charge in [-0.15, -0.1) is 23.1 Å². The van der Waals surface area contributed by atoms with Crippen LogP contribution in [0.5, 0.6) is 5.75 Å². The van der Waals surface area contributed by atoms with Crippen LogP contribution in [0.3, 0.4) is 0 Å². The molecular formula is C27H30N6O11S2. The van der Waals surface area contributed by atoms with Gasteiger partial charge in [0, 0.05) is 37.1 Å². The van der Waals surface area contributed by atoms with Gasteiger partial charge in [-0.25, -0.2) is 14.6 Å². The first-order valence-corrected chi connectivity index (χ1v) is 15.2. The number of hydrogen-bond acceptors (Lipinski definition) is 14. The Morgan fingerprint density at radius 3 is 2.52 bits per heavy atom. The standard InChI is InChI=1S/C27H30N6O11S2/c1-27(2,25(40)41)44-31-18(14-11-46-26(28)29-14)21(36)30-19-22(37)33-20(24(38)39)12(10-45-23(19)33)5-6-13-7-15(34)16(35)8-32(13)9-17(42-3)43-4/h5-8,11,17,19,23,35H,9-10H2,1-4H3,(H2,28,29)(H,30,36)(H,38,39)(H,40,41)/b6-5?,31-18-/t19-,23-/m1/s1. The summed E-state index contributed by atoms with van der Waals surface area (Å²) in [6, 6.07) is -0.00147. The van der Waals surface area contributed by atoms with Crippen molar-refractivity contribution in [2.24, 2.45) is 5.16 Å². The lowest BCUT2D eigenvalue weighted by molar-refractivity contribution is -0.161. The molecule has 46 heavy (non-hydrogen) atoms. The van der Waals surface area contributed by atoms with E-state index in [0.29, 0.717) is 5.69 Å². The number of thioether (sulfide) groups is 1. The lowest BCUT2D eigenvalue weighted by Crippen LogP contribution is -2.71. The monoisotopic (exact) mass is 678 g/mol. The Hall–Kier alpha value is -4.72. The molecule has 2 amide bonds. The van der Waals surface area contributed by atoms with Crippen molar-refractivity contribution in [3.8, 4) is 5.75 Å². The molecule has 0 spiro atoms. The Balaban J connectivity index is 1.59. The molecule has 2 aliphatic rings. The number of nitrogens with zero attached hydrogens (tertiary/aromatic N) is 4. The molecule has 0 aromatic carbocycles. The van der Waals surface area contributed by atoms with Gasteiger partial charge in [0.25, 0.3) is 11.8 Å². The molecular weight excluding hydrogens is 648 g/mol. The van der Waals surface area contributed by atoms with Crippen molar-refractivity contribution >= 4 is 63.8 Å². The highest BCUT2D eigenvalue weighted by Gasteiger charge is 2.54. The molecule has 2 aromatic rings. The quantitative estimate of drug-likeness (QED) is 0.0825. The maximum Gasteiger partial charge on any atom is 0.352 e. The summed E-state index contributed by atoms with van der Waals surface area (Å²) in [5, 5.41) is 36.3. The van der Waals surface area contributed by atoms with E-state index in [2.05, 4.69) is 15.5 Å². The summed E-state index contributed by atoms with van der Waals surface area (Å²) in [6.07, 6.45) is 3.39. The minimum absolute atomic E-state index is 0.0188. The van der Waals surface area contributed by atoms with Crippen molar-refractivity contribution in [1.82, 2.24) is 19.8 Å². The van der Waals surface area contributed by atoms with Gasteiger partial charge in [0.15, 0.2) is 22.9 Å². The maximum atomic E-state index is 13.3. The van der Waals surface area contributed by atoms with Crippen molar-refractivity contribution < 1.29 is 48.8 Å². The number of anilines is 1. The van der Waals surface area contributed by atoms with E-state index in [0.717, 1.165) is 22.3 Å². The van der Waals surface area contributed by atoms with Crippen LogP contribution in [0.15, 0.2) is 44.9 Å². The molecule has 2 aliphatic heterocycles. The average molecular weight is 679 g/mol. The largest absolute Gasteiger partial charge is 0.503 e. The number of pyridine rings is 1. The van der Waals surface area contributed by atoms with Crippen molar-refractivity contribution in [1.29, 1.82) is 0 Å². The minimum Gasteiger partial charge on any atom is -0.503 e. The highest BCUT2D eigenvalue weighted by molar-refractivity contribution is 8.00. The van der Waals surface area contributed by atoms with Gasteiger partial charge in [0.05, 0.1) is 12.7 Å². The first-order chi connectivity index (χ1) is 21.7. The van der Waals surface area contributed by atoms with Crippen LogP contribution in [0.4, 0.5) is 5.13 Å². The Morgan fingerprint density at radius 2 is 1.93 bits per heavy atom. The molecule has 246 valence electrons. The molecule has 4 heterocycles. The van der Waals surface area contributed by atoms with Gasteiger partial charge in [-0.2, -0.15) is 0 Å². The summed E-state index contributed by atoms with van der Waals surface area (Å²) in [5.74, 6) is -4.78. The number of rotatable bonds is 13. The summed E-state index contributed by atoms with van der Waals surface area (Å²) in [7, 11) is 2.84. The number of fused-ring (bicyclic) bond motifs is 1. The summed E-state index contributed by atoms with van der Waals surface area (Å²) in [5.41, 5.74) is 3.00. The van der Waals surface area contributed by atoms with Crippen molar-refractivity contribution in [2.75, 3.05) is 25.7 Å². The fourth-order valence-corrected chi connectivity index (χ4v) is 6.12. The van der Waals surface area contributed by atoms with Gasteiger partial charge in [-0.05, 0) is 25.5 Å². The van der Waals surface area contributed by atoms with E-state index in [4.69, 9.17) is 20.0 Å². The number of oxime groups is 1. The molecule has 0 unspecified atom stereocenters. The van der Waals surface area contributed by atoms with Crippen LogP contribution >= 0.6 is 23.1 Å². The summed E-state index contributed by atoms with van der Waals surface area (Å²) >= 11 is 2.17. The van der Waals surface area contributed by atoms with Crippen LogP contribution in [0.1, 0.15) is 25.2 Å². The third-order valence-corrected chi connectivity index (χ3v) is 8.79. The topological polar surface area (TPSA) is 245 Å². The predicted molar refractivity (Wildman–Crippen MR) is 165 cm³/mol. The Bertz CT molecular complexity index is 1710. The molecule has 0 bridgehead atoms. The summed E-state index contributed by atoms with van der Waals surface area (Å²) < 4.78 is 11.9. The lowest BCUT2D eigenvalue weighted by Gasteiger charge is -2.49. The number of hydrogen-bond donors (Lipinski definition) is 5. The second kappa shape index (κ2) is 13.7. The zero-order valence-corrected chi connectivity index (χ0v) is 26.5. The zero-order chi connectivity index (χ0) is 33.9. The van der Waals surface area contributed by atoms with E-state index in [-0.39, 0.29) is 34.4 Å². The normalized spacial score (nSPS) is 18.5. The highest BCUT2D eigenvalue weighted by atomic mass is 32.2. The maximum absolute atomic E-state index is 13.3. The number of nitrogens with one attached hydrogen (secondary N) is 1. The number of β-lactam (4-membered cyclic amide) rings is 1. The van der Waals surface area contributed by atoms with Gasteiger partial charge >= 0.3 is 11.9 Å². The molecule has 1 saturated heterocycles. The third kappa shape index (κ3) is 7.06. The third-order valence-electron chi connectivity index (χ3n) is 6.81. The smallest absolute Gasteiger partial charge is 0.352 e. The van der Waals surface area contributed by atoms with Gasteiger partial charge in [-0.3, -0.25) is 19.3 Å². The van der Waals surface area contributed by atoms with E-state index in [1.807, 2.05) is 0 Å². The number of amides is 2. The first-order valence-electron chi connectivity index (χ1n) is 13.3. The molecule has 0 aliphatic carbocycles. The highest BCUT2D eigenvalue weighted by Crippen LogP contribution is 2.41. The van der Waals surface area contributed by atoms with Crippen LogP contribution in [0, 0.1) is 0 Å². The predicted octanol–water partition coefficient (Wildman–Crippen LogP) is 0.247. The number of nitrogens with two attached hydrogens (primary N) is 1. The number of carbonyl (C=O) groups excluding carboxylic acids is 2. The molecule has 0 saturated carbocycles. The number of carbonyl (C=O) groups is 4. The Labute approximate surface area is 268 Å². The Morgan fingerprint density at radius 1 is 1.24 bits per heavy atom. The van der Waals surface area contributed by atoms with Crippen LogP contribution in [0.2, 0.25) is 0 Å². The number of carboxylic acids is 2. The van der Waals surface area contributed by atoms with Crippen LogP contribution in [-0.4, -0.2) is 103 Å². The van der Waals surface area contributed by atoms with Gasteiger partial charge in [0.2, 0.25) is 11.0 Å².